The van der Waals surface area contributed by atoms with E-state index in [0.29, 0.717) is 6.04 Å². The molecule has 0 unspecified atom stereocenters. The van der Waals surface area contributed by atoms with Gasteiger partial charge >= 0.3 is 0 Å². The van der Waals surface area contributed by atoms with Gasteiger partial charge in [0.2, 0.25) is 0 Å². The summed E-state index contributed by atoms with van der Waals surface area (Å²) < 4.78 is 0.906. The molecule has 1 aromatic rings. The van der Waals surface area contributed by atoms with E-state index in [-0.39, 0.29) is 0 Å². The summed E-state index contributed by atoms with van der Waals surface area (Å²) >= 11 is 3.40. The summed E-state index contributed by atoms with van der Waals surface area (Å²) in [5.74, 6) is 0. The monoisotopic (exact) mass is 311 g/mol. The van der Waals surface area contributed by atoms with Crippen molar-refractivity contribution in [2.24, 2.45) is 0 Å². The van der Waals surface area contributed by atoms with Gasteiger partial charge in [0.05, 0.1) is 11.4 Å². The Morgan fingerprint density at radius 1 is 1.39 bits per heavy atom. The van der Waals surface area contributed by atoms with E-state index in [1.54, 1.807) is 0 Å². The number of piperidine rings is 1. The first-order valence-corrected chi connectivity index (χ1v) is 7.60. The number of hydrogen-bond acceptors (Lipinski definition) is 3. The van der Waals surface area contributed by atoms with Gasteiger partial charge in [-0.25, -0.2) is 4.98 Å². The summed E-state index contributed by atoms with van der Waals surface area (Å²) in [5, 5.41) is 3.63. The van der Waals surface area contributed by atoms with E-state index in [2.05, 4.69) is 51.0 Å². The Balaban J connectivity index is 1.87. The molecule has 1 N–H and O–H groups in total. The van der Waals surface area contributed by atoms with Gasteiger partial charge in [-0.15, -0.1) is 0 Å². The molecule has 0 amide bonds. The van der Waals surface area contributed by atoms with Crippen LogP contribution in [-0.4, -0.2) is 35.6 Å². The van der Waals surface area contributed by atoms with E-state index >= 15 is 0 Å². The maximum atomic E-state index is 4.43. The molecule has 4 heteroatoms. The van der Waals surface area contributed by atoms with Gasteiger partial charge in [-0.3, -0.25) is 0 Å². The van der Waals surface area contributed by atoms with Crippen LogP contribution in [0.25, 0.3) is 0 Å². The Bertz CT molecular complexity index is 387. The van der Waals surface area contributed by atoms with Crippen LogP contribution in [0.15, 0.2) is 16.7 Å². The molecular weight excluding hydrogens is 290 g/mol. The molecule has 1 fully saturated rings. The van der Waals surface area contributed by atoms with Crippen LogP contribution in [-0.2, 0) is 0 Å². The van der Waals surface area contributed by atoms with Crippen LogP contribution in [0, 0.1) is 6.92 Å². The van der Waals surface area contributed by atoms with Gasteiger partial charge in [-0.2, -0.15) is 0 Å². The Kier molecular flexibility index (Phi) is 5.01. The highest BCUT2D eigenvalue weighted by Crippen LogP contribution is 2.20. The molecule has 0 aliphatic carbocycles. The zero-order valence-corrected chi connectivity index (χ0v) is 12.8. The lowest BCUT2D eigenvalue weighted by Crippen LogP contribution is -2.39. The molecule has 1 aliphatic rings. The van der Waals surface area contributed by atoms with E-state index in [1.807, 2.05) is 6.07 Å². The molecule has 0 spiro atoms. The third-order valence-electron chi connectivity index (χ3n) is 3.54. The molecular formula is C14H22BrN3. The summed E-state index contributed by atoms with van der Waals surface area (Å²) in [7, 11) is 0. The van der Waals surface area contributed by atoms with E-state index < -0.39 is 0 Å². The van der Waals surface area contributed by atoms with Gasteiger partial charge in [0.1, 0.15) is 4.60 Å². The number of halogens is 1. The number of rotatable bonds is 4. The highest BCUT2D eigenvalue weighted by atomic mass is 79.9. The van der Waals surface area contributed by atoms with Gasteiger partial charge in [0.15, 0.2) is 0 Å². The standard InChI is InChI=1S/C14H22BrN3/c1-3-8-18-9-6-12(7-10-18)17-13-4-5-14(15)16-11(13)2/h4-5,12,17H,3,6-10H2,1-2H3. The molecule has 2 heterocycles. The van der Waals surface area contributed by atoms with Crippen molar-refractivity contribution in [3.8, 4) is 0 Å². The topological polar surface area (TPSA) is 28.2 Å². The first-order chi connectivity index (χ1) is 8.69. The first-order valence-electron chi connectivity index (χ1n) is 6.81. The molecule has 3 nitrogen and oxygen atoms in total. The average molecular weight is 312 g/mol. The number of nitrogens with zero attached hydrogens (tertiary/aromatic N) is 2. The van der Waals surface area contributed by atoms with Crippen molar-refractivity contribution in [3.05, 3.63) is 22.4 Å². The number of likely N-dealkylation sites (tertiary alicyclic amines) is 1. The highest BCUT2D eigenvalue weighted by molar-refractivity contribution is 9.10. The summed E-state index contributed by atoms with van der Waals surface area (Å²) in [6.45, 7) is 7.98. The molecule has 0 saturated carbocycles. The molecule has 0 radical (unpaired) electrons. The van der Waals surface area contributed by atoms with Gasteiger partial charge in [-0.1, -0.05) is 6.92 Å². The lowest BCUT2D eigenvalue weighted by atomic mass is 10.0. The van der Waals surface area contributed by atoms with E-state index in [0.717, 1.165) is 10.3 Å². The van der Waals surface area contributed by atoms with Crippen LogP contribution in [0.3, 0.4) is 0 Å². The van der Waals surface area contributed by atoms with Crippen LogP contribution in [0.5, 0.6) is 0 Å². The number of pyridine rings is 1. The zero-order valence-electron chi connectivity index (χ0n) is 11.2. The van der Waals surface area contributed by atoms with Crippen molar-refractivity contribution in [1.29, 1.82) is 0 Å². The Labute approximate surface area is 118 Å². The summed E-state index contributed by atoms with van der Waals surface area (Å²) in [6, 6.07) is 4.71. The predicted molar refractivity (Wildman–Crippen MR) is 80.0 cm³/mol. The van der Waals surface area contributed by atoms with Crippen LogP contribution in [0.2, 0.25) is 0 Å². The van der Waals surface area contributed by atoms with Crippen molar-refractivity contribution in [2.75, 3.05) is 25.0 Å². The minimum Gasteiger partial charge on any atom is -0.381 e. The largest absolute Gasteiger partial charge is 0.381 e. The molecule has 2 rings (SSSR count). The van der Waals surface area contributed by atoms with Crippen LogP contribution in [0.4, 0.5) is 5.69 Å². The van der Waals surface area contributed by atoms with Crippen LogP contribution in [0.1, 0.15) is 31.9 Å². The molecule has 1 aliphatic heterocycles. The SMILES string of the molecule is CCCN1CCC(Nc2ccc(Br)nc2C)CC1. The van der Waals surface area contributed by atoms with Crippen LogP contribution < -0.4 is 5.32 Å². The second-order valence-electron chi connectivity index (χ2n) is 5.03. The predicted octanol–water partition coefficient (Wildman–Crippen LogP) is 3.44. The third-order valence-corrected chi connectivity index (χ3v) is 3.98. The summed E-state index contributed by atoms with van der Waals surface area (Å²) in [6.07, 6.45) is 3.72. The Morgan fingerprint density at radius 2 is 2.11 bits per heavy atom. The fourth-order valence-electron chi connectivity index (χ4n) is 2.52. The fourth-order valence-corrected chi connectivity index (χ4v) is 2.92. The molecule has 1 aromatic heterocycles. The van der Waals surface area contributed by atoms with Crippen molar-refractivity contribution < 1.29 is 0 Å². The van der Waals surface area contributed by atoms with Crippen molar-refractivity contribution >= 4 is 21.6 Å². The quantitative estimate of drug-likeness (QED) is 0.863. The molecule has 100 valence electrons. The molecule has 1 saturated heterocycles. The summed E-state index contributed by atoms with van der Waals surface area (Å²) in [5.41, 5.74) is 2.24. The Hall–Kier alpha value is -0.610. The zero-order chi connectivity index (χ0) is 13.0. The molecule has 0 aromatic carbocycles. The van der Waals surface area contributed by atoms with Gasteiger partial charge in [0.25, 0.3) is 0 Å². The number of aryl methyl sites for hydroxylation is 1. The summed E-state index contributed by atoms with van der Waals surface area (Å²) in [4.78, 5) is 6.99. The number of nitrogens with one attached hydrogen (secondary N) is 1. The van der Waals surface area contributed by atoms with Gasteiger partial charge < -0.3 is 10.2 Å². The second kappa shape index (κ2) is 6.53. The van der Waals surface area contributed by atoms with E-state index in [9.17, 15) is 0 Å². The lowest BCUT2D eigenvalue weighted by molar-refractivity contribution is 0.219. The lowest BCUT2D eigenvalue weighted by Gasteiger charge is -2.32. The van der Waals surface area contributed by atoms with Crippen LogP contribution >= 0.6 is 15.9 Å². The van der Waals surface area contributed by atoms with Crippen molar-refractivity contribution in [1.82, 2.24) is 9.88 Å². The van der Waals surface area contributed by atoms with Gasteiger partial charge in [-0.05, 0) is 60.8 Å². The maximum Gasteiger partial charge on any atom is 0.106 e. The minimum atomic E-state index is 0.597. The van der Waals surface area contributed by atoms with E-state index in [1.165, 1.54) is 44.6 Å². The minimum absolute atomic E-state index is 0.597. The van der Waals surface area contributed by atoms with Crippen molar-refractivity contribution in [3.63, 3.8) is 0 Å². The van der Waals surface area contributed by atoms with Crippen molar-refractivity contribution in [2.45, 2.75) is 39.2 Å². The number of anilines is 1. The second-order valence-corrected chi connectivity index (χ2v) is 5.84. The highest BCUT2D eigenvalue weighted by Gasteiger charge is 2.18. The average Bonchev–Trinajstić information content (AvgIpc) is 2.35. The number of hydrogen-bond donors (Lipinski definition) is 1. The fraction of sp³-hybridized carbons (Fsp3) is 0.643. The Morgan fingerprint density at radius 3 is 2.72 bits per heavy atom. The smallest absolute Gasteiger partial charge is 0.106 e. The first kappa shape index (κ1) is 13.8. The third kappa shape index (κ3) is 3.69. The molecule has 18 heavy (non-hydrogen) atoms. The van der Waals surface area contributed by atoms with E-state index in [4.69, 9.17) is 0 Å². The maximum absolute atomic E-state index is 4.43. The number of aromatic nitrogens is 1. The molecule has 0 bridgehead atoms. The normalized spacial score (nSPS) is 17.9. The molecule has 0 atom stereocenters. The van der Waals surface area contributed by atoms with Gasteiger partial charge in [0, 0.05) is 19.1 Å².